The van der Waals surface area contributed by atoms with Gasteiger partial charge in [-0.1, -0.05) is 0 Å². The molecular weight excluding hydrogens is 225 g/mol. The summed E-state index contributed by atoms with van der Waals surface area (Å²) in [5.74, 6) is -1.97. The normalized spacial score (nSPS) is 8.87. The van der Waals surface area contributed by atoms with Crippen LogP contribution in [0.2, 0.25) is 0 Å². The molecule has 0 radical (unpaired) electrons. The van der Waals surface area contributed by atoms with Gasteiger partial charge in [-0.3, -0.25) is 4.98 Å². The SMILES string of the molecule is CCOC(=O)c1cncc(C(=O)[O-])c1.[K+]. The summed E-state index contributed by atoms with van der Waals surface area (Å²) < 4.78 is 4.67. The molecule has 0 fully saturated rings. The Kier molecular flexibility index (Phi) is 6.95. The third-order valence-electron chi connectivity index (χ3n) is 1.49. The van der Waals surface area contributed by atoms with Crippen molar-refractivity contribution in [3.05, 3.63) is 29.6 Å². The van der Waals surface area contributed by atoms with Crippen LogP contribution in [0.25, 0.3) is 0 Å². The molecule has 1 rings (SSSR count). The summed E-state index contributed by atoms with van der Waals surface area (Å²) in [5.41, 5.74) is -0.0379. The van der Waals surface area contributed by atoms with Gasteiger partial charge in [0.1, 0.15) is 0 Å². The molecule has 0 aliphatic heterocycles. The molecule has 0 saturated carbocycles. The van der Waals surface area contributed by atoms with Gasteiger partial charge in [-0.05, 0) is 13.0 Å². The number of ether oxygens (including phenoxy) is 1. The van der Waals surface area contributed by atoms with Crippen molar-refractivity contribution in [2.24, 2.45) is 0 Å². The number of pyridine rings is 1. The maximum Gasteiger partial charge on any atom is 1.00 e. The predicted molar refractivity (Wildman–Crippen MR) is 44.5 cm³/mol. The van der Waals surface area contributed by atoms with Gasteiger partial charge in [0.25, 0.3) is 0 Å². The largest absolute Gasteiger partial charge is 1.00 e. The van der Waals surface area contributed by atoms with E-state index in [1.54, 1.807) is 6.92 Å². The average Bonchev–Trinajstić information content (AvgIpc) is 2.18. The molecule has 74 valence electrons. The molecule has 1 aromatic rings. The van der Waals surface area contributed by atoms with E-state index in [-0.39, 0.29) is 69.1 Å². The van der Waals surface area contributed by atoms with E-state index in [4.69, 9.17) is 0 Å². The van der Waals surface area contributed by atoms with E-state index in [9.17, 15) is 14.7 Å². The van der Waals surface area contributed by atoms with E-state index in [0.29, 0.717) is 0 Å². The molecule has 0 bridgehead atoms. The Bertz CT molecular complexity index is 367. The molecule has 0 N–H and O–H groups in total. The summed E-state index contributed by atoms with van der Waals surface area (Å²) >= 11 is 0. The third kappa shape index (κ3) is 4.39. The number of hydrogen-bond acceptors (Lipinski definition) is 5. The van der Waals surface area contributed by atoms with E-state index in [1.165, 1.54) is 12.3 Å². The Hall–Kier alpha value is -0.274. The number of carboxylic acids is 1. The number of esters is 1. The smallest absolute Gasteiger partial charge is 0.545 e. The Morgan fingerprint density at radius 2 is 2.00 bits per heavy atom. The van der Waals surface area contributed by atoms with Gasteiger partial charge in [0.05, 0.1) is 18.1 Å². The summed E-state index contributed by atoms with van der Waals surface area (Å²) in [4.78, 5) is 25.2. The van der Waals surface area contributed by atoms with Gasteiger partial charge in [0.15, 0.2) is 0 Å². The number of carboxylic acid groups (broad SMARTS) is 1. The molecule has 5 nitrogen and oxygen atoms in total. The van der Waals surface area contributed by atoms with Gasteiger partial charge in [-0.15, -0.1) is 0 Å². The van der Waals surface area contributed by atoms with Crippen LogP contribution in [0.15, 0.2) is 18.5 Å². The van der Waals surface area contributed by atoms with Gasteiger partial charge in [0.2, 0.25) is 0 Å². The van der Waals surface area contributed by atoms with Crippen molar-refractivity contribution in [1.29, 1.82) is 0 Å². The Balaban J connectivity index is 0.00000196. The summed E-state index contributed by atoms with van der Waals surface area (Å²) in [6.07, 6.45) is 2.35. The molecule has 0 aromatic carbocycles. The quantitative estimate of drug-likeness (QED) is 0.402. The Morgan fingerprint density at radius 1 is 1.40 bits per heavy atom. The first-order valence-electron chi connectivity index (χ1n) is 3.98. The molecule has 0 atom stereocenters. The number of rotatable bonds is 3. The minimum Gasteiger partial charge on any atom is -0.545 e. The zero-order valence-electron chi connectivity index (χ0n) is 8.52. The summed E-state index contributed by atoms with van der Waals surface area (Å²) in [6.45, 7) is 1.89. The van der Waals surface area contributed by atoms with E-state index >= 15 is 0 Å². The van der Waals surface area contributed by atoms with Crippen LogP contribution in [-0.2, 0) is 4.74 Å². The maximum atomic E-state index is 11.1. The fourth-order valence-electron chi connectivity index (χ4n) is 0.878. The van der Waals surface area contributed by atoms with Crippen LogP contribution >= 0.6 is 0 Å². The summed E-state index contributed by atoms with van der Waals surface area (Å²) in [6, 6.07) is 1.17. The van der Waals surface area contributed by atoms with E-state index in [1.807, 2.05) is 0 Å². The van der Waals surface area contributed by atoms with Crippen LogP contribution in [0.4, 0.5) is 0 Å². The molecule has 0 amide bonds. The fraction of sp³-hybridized carbons (Fsp3) is 0.222. The predicted octanol–water partition coefficient (Wildman–Crippen LogP) is -3.37. The third-order valence-corrected chi connectivity index (χ3v) is 1.49. The minimum atomic E-state index is -1.37. The van der Waals surface area contributed by atoms with Gasteiger partial charge in [-0.25, -0.2) is 4.79 Å². The minimum absolute atomic E-state index is 0. The van der Waals surface area contributed by atoms with Crippen LogP contribution < -0.4 is 56.5 Å². The molecule has 0 unspecified atom stereocenters. The zero-order chi connectivity index (χ0) is 10.6. The molecule has 1 heterocycles. The Labute approximate surface area is 129 Å². The van der Waals surface area contributed by atoms with E-state index in [0.717, 1.165) is 6.20 Å². The second-order valence-corrected chi connectivity index (χ2v) is 2.47. The number of carbonyl (C=O) groups is 2. The van der Waals surface area contributed by atoms with Crippen LogP contribution in [-0.4, -0.2) is 23.5 Å². The Morgan fingerprint density at radius 3 is 2.53 bits per heavy atom. The van der Waals surface area contributed by atoms with Crippen LogP contribution in [0.5, 0.6) is 0 Å². The number of carbonyl (C=O) groups excluding carboxylic acids is 2. The first-order chi connectivity index (χ1) is 6.65. The van der Waals surface area contributed by atoms with E-state index < -0.39 is 11.9 Å². The fourth-order valence-corrected chi connectivity index (χ4v) is 0.878. The zero-order valence-corrected chi connectivity index (χ0v) is 11.6. The van der Waals surface area contributed by atoms with E-state index in [2.05, 4.69) is 9.72 Å². The van der Waals surface area contributed by atoms with Crippen molar-refractivity contribution >= 4 is 11.9 Å². The second-order valence-electron chi connectivity index (χ2n) is 2.47. The number of hydrogen-bond donors (Lipinski definition) is 0. The van der Waals surface area contributed by atoms with Gasteiger partial charge in [0, 0.05) is 18.0 Å². The topological polar surface area (TPSA) is 79.3 Å². The summed E-state index contributed by atoms with van der Waals surface area (Å²) in [7, 11) is 0. The number of aromatic carboxylic acids is 1. The molecular formula is C9H8KNO4. The average molecular weight is 233 g/mol. The van der Waals surface area contributed by atoms with Crippen molar-refractivity contribution in [1.82, 2.24) is 4.98 Å². The summed E-state index contributed by atoms with van der Waals surface area (Å²) in [5, 5.41) is 10.4. The van der Waals surface area contributed by atoms with Crippen LogP contribution in [0.3, 0.4) is 0 Å². The van der Waals surface area contributed by atoms with Gasteiger partial charge in [-0.2, -0.15) is 0 Å². The molecule has 0 saturated heterocycles. The molecule has 6 heteroatoms. The van der Waals surface area contributed by atoms with Crippen LogP contribution in [0, 0.1) is 0 Å². The molecule has 1 aromatic heterocycles. The van der Waals surface area contributed by atoms with Gasteiger partial charge < -0.3 is 14.6 Å². The number of aromatic nitrogens is 1. The van der Waals surface area contributed by atoms with Crippen molar-refractivity contribution in [3.8, 4) is 0 Å². The van der Waals surface area contributed by atoms with Crippen molar-refractivity contribution in [3.63, 3.8) is 0 Å². The molecule has 15 heavy (non-hydrogen) atoms. The molecule has 0 aliphatic rings. The first-order valence-corrected chi connectivity index (χ1v) is 3.98. The van der Waals surface area contributed by atoms with Gasteiger partial charge >= 0.3 is 57.4 Å². The second kappa shape index (κ2) is 7.07. The molecule has 0 spiro atoms. The van der Waals surface area contributed by atoms with Crippen molar-refractivity contribution in [2.75, 3.05) is 6.61 Å². The van der Waals surface area contributed by atoms with Crippen LogP contribution in [0.1, 0.15) is 27.6 Å². The monoisotopic (exact) mass is 233 g/mol. The number of nitrogens with zero attached hydrogens (tertiary/aromatic N) is 1. The standard InChI is InChI=1S/C9H9NO4.K/c1-2-14-9(13)7-3-6(8(11)12)4-10-5-7;/h3-5H,2H2,1H3,(H,11,12);/q;+1/p-1. The maximum absolute atomic E-state index is 11.1. The van der Waals surface area contributed by atoms with Crippen molar-refractivity contribution in [2.45, 2.75) is 6.92 Å². The molecule has 0 aliphatic carbocycles. The van der Waals surface area contributed by atoms with Crippen molar-refractivity contribution < 1.29 is 70.8 Å². The first kappa shape index (κ1) is 14.7.